The van der Waals surface area contributed by atoms with Gasteiger partial charge in [0.25, 0.3) is 0 Å². The van der Waals surface area contributed by atoms with Gasteiger partial charge >= 0.3 is 0 Å². The molecule has 2 aromatic rings. The fraction of sp³-hybridized carbons (Fsp3) is 0. The van der Waals surface area contributed by atoms with E-state index in [1.165, 1.54) is 18.3 Å². The summed E-state index contributed by atoms with van der Waals surface area (Å²) in [6, 6.07) is 6.85. The van der Waals surface area contributed by atoms with E-state index in [9.17, 15) is 4.39 Å². The maximum Gasteiger partial charge on any atom is 0.230 e. The molecule has 0 saturated carbocycles. The van der Waals surface area contributed by atoms with Crippen molar-refractivity contribution in [2.75, 3.05) is 0 Å². The molecule has 0 bridgehead atoms. The summed E-state index contributed by atoms with van der Waals surface area (Å²) in [5, 5.41) is 11.6. The maximum atomic E-state index is 12.9. The molecule has 1 aromatic carbocycles. The number of hydrogen-bond acceptors (Lipinski definition) is 4. The quantitative estimate of drug-likeness (QED) is 0.392. The number of benzene rings is 1. The molecule has 3 N–H and O–H groups in total. The van der Waals surface area contributed by atoms with Crippen molar-refractivity contribution < 1.29 is 14.3 Å². The molecule has 0 aliphatic heterocycles. The summed E-state index contributed by atoms with van der Waals surface area (Å²) in [4.78, 5) is 3.96. The summed E-state index contributed by atoms with van der Waals surface area (Å²) in [7, 11) is 0. The highest BCUT2D eigenvalue weighted by Crippen LogP contribution is 2.30. The summed E-state index contributed by atoms with van der Waals surface area (Å²) >= 11 is 5.84. The molecule has 0 radical (unpaired) electrons. The number of oxime groups is 1. The van der Waals surface area contributed by atoms with Gasteiger partial charge in [-0.2, -0.15) is 0 Å². The maximum absolute atomic E-state index is 12.9. The average Bonchev–Trinajstić information content (AvgIpc) is 2.41. The van der Waals surface area contributed by atoms with Gasteiger partial charge < -0.3 is 15.7 Å². The Morgan fingerprint density at radius 3 is 2.89 bits per heavy atom. The van der Waals surface area contributed by atoms with Crippen molar-refractivity contribution in [1.82, 2.24) is 4.98 Å². The standard InChI is InChI=1S/C12H9ClFN3O2/c13-9-6-7(14)3-4-10(9)19-12-8(11(15)17-18)2-1-5-16-12/h1-6,18H,(H2,15,17). The van der Waals surface area contributed by atoms with Gasteiger partial charge in [-0.25, -0.2) is 9.37 Å². The lowest BCUT2D eigenvalue weighted by molar-refractivity contribution is 0.318. The Bertz CT molecular complexity index is 634. The highest BCUT2D eigenvalue weighted by Gasteiger charge is 2.12. The number of ether oxygens (including phenoxy) is 1. The van der Waals surface area contributed by atoms with Crippen LogP contribution in [0.4, 0.5) is 4.39 Å². The molecular formula is C12H9ClFN3O2. The number of rotatable bonds is 3. The number of nitrogens with zero attached hydrogens (tertiary/aromatic N) is 2. The van der Waals surface area contributed by atoms with Crippen LogP contribution in [-0.2, 0) is 0 Å². The van der Waals surface area contributed by atoms with Gasteiger partial charge in [-0.3, -0.25) is 0 Å². The third kappa shape index (κ3) is 2.92. The van der Waals surface area contributed by atoms with Gasteiger partial charge in [0, 0.05) is 6.20 Å². The molecule has 0 amide bonds. The van der Waals surface area contributed by atoms with Crippen LogP contribution in [0.1, 0.15) is 5.56 Å². The molecule has 0 spiro atoms. The summed E-state index contributed by atoms with van der Waals surface area (Å²) in [5.41, 5.74) is 5.79. The van der Waals surface area contributed by atoms with Crippen LogP contribution in [0.15, 0.2) is 41.7 Å². The lowest BCUT2D eigenvalue weighted by atomic mass is 10.2. The number of amidine groups is 1. The topological polar surface area (TPSA) is 80.7 Å². The van der Waals surface area contributed by atoms with Crippen molar-refractivity contribution in [3.8, 4) is 11.6 Å². The van der Waals surface area contributed by atoms with Crippen LogP contribution < -0.4 is 10.5 Å². The van der Waals surface area contributed by atoms with Crippen LogP contribution in [0.5, 0.6) is 11.6 Å². The van der Waals surface area contributed by atoms with E-state index in [2.05, 4.69) is 10.1 Å². The largest absolute Gasteiger partial charge is 0.437 e. The first-order valence-corrected chi connectivity index (χ1v) is 5.55. The van der Waals surface area contributed by atoms with Crippen molar-refractivity contribution in [1.29, 1.82) is 0 Å². The van der Waals surface area contributed by atoms with Gasteiger partial charge in [-0.15, -0.1) is 0 Å². The van der Waals surface area contributed by atoms with Crippen LogP contribution in [0.3, 0.4) is 0 Å². The Kier molecular flexibility index (Phi) is 3.82. The van der Waals surface area contributed by atoms with Crippen molar-refractivity contribution >= 4 is 17.4 Å². The smallest absolute Gasteiger partial charge is 0.230 e. The number of nitrogens with two attached hydrogens (primary N) is 1. The fourth-order valence-corrected chi connectivity index (χ4v) is 1.59. The minimum absolute atomic E-state index is 0.0936. The Morgan fingerprint density at radius 2 is 2.21 bits per heavy atom. The van der Waals surface area contributed by atoms with Gasteiger partial charge in [0.05, 0.1) is 10.6 Å². The molecule has 0 fully saturated rings. The van der Waals surface area contributed by atoms with Gasteiger partial charge in [-0.1, -0.05) is 16.8 Å². The lowest BCUT2D eigenvalue weighted by Gasteiger charge is -2.09. The predicted molar refractivity (Wildman–Crippen MR) is 68.2 cm³/mol. The first-order valence-electron chi connectivity index (χ1n) is 5.17. The molecule has 0 saturated heterocycles. The summed E-state index contributed by atoms with van der Waals surface area (Å²) < 4.78 is 18.4. The zero-order chi connectivity index (χ0) is 13.8. The molecule has 1 heterocycles. The molecule has 19 heavy (non-hydrogen) atoms. The number of pyridine rings is 1. The third-order valence-electron chi connectivity index (χ3n) is 2.26. The molecule has 2 rings (SSSR count). The van der Waals surface area contributed by atoms with E-state index >= 15 is 0 Å². The van der Waals surface area contributed by atoms with Crippen molar-refractivity contribution in [2.24, 2.45) is 10.9 Å². The number of aromatic nitrogens is 1. The Balaban J connectivity index is 2.38. The SMILES string of the molecule is N/C(=N\O)c1cccnc1Oc1ccc(F)cc1Cl. The van der Waals surface area contributed by atoms with Crippen molar-refractivity contribution in [2.45, 2.75) is 0 Å². The molecule has 0 aliphatic rings. The van der Waals surface area contributed by atoms with Gasteiger partial charge in [0.15, 0.2) is 5.84 Å². The minimum atomic E-state index is -0.477. The monoisotopic (exact) mass is 281 g/mol. The first-order chi connectivity index (χ1) is 9.11. The molecular weight excluding hydrogens is 273 g/mol. The Hall–Kier alpha value is -2.34. The number of halogens is 2. The van der Waals surface area contributed by atoms with E-state index in [0.717, 1.165) is 6.07 Å². The van der Waals surface area contributed by atoms with Crippen LogP contribution in [-0.4, -0.2) is 16.0 Å². The molecule has 0 atom stereocenters. The van der Waals surface area contributed by atoms with Gasteiger partial charge in [0.1, 0.15) is 11.6 Å². The van der Waals surface area contributed by atoms with Gasteiger partial charge in [-0.05, 0) is 30.3 Å². The van der Waals surface area contributed by atoms with Crippen LogP contribution in [0, 0.1) is 5.82 Å². The fourth-order valence-electron chi connectivity index (χ4n) is 1.38. The van der Waals surface area contributed by atoms with Crippen LogP contribution >= 0.6 is 11.6 Å². The van der Waals surface area contributed by atoms with Crippen molar-refractivity contribution in [3.63, 3.8) is 0 Å². The first kappa shape index (κ1) is 13.1. The van der Waals surface area contributed by atoms with E-state index in [4.69, 9.17) is 27.3 Å². The highest BCUT2D eigenvalue weighted by molar-refractivity contribution is 6.32. The van der Waals surface area contributed by atoms with Gasteiger partial charge in [0.2, 0.25) is 5.88 Å². The normalized spacial score (nSPS) is 11.4. The molecule has 1 aromatic heterocycles. The second-order valence-corrected chi connectivity index (χ2v) is 3.93. The summed E-state index contributed by atoms with van der Waals surface area (Å²) in [6.45, 7) is 0. The minimum Gasteiger partial charge on any atom is -0.437 e. The molecule has 5 nitrogen and oxygen atoms in total. The van der Waals surface area contributed by atoms with E-state index < -0.39 is 5.82 Å². The summed E-state index contributed by atoms with van der Waals surface area (Å²) in [6.07, 6.45) is 1.47. The van der Waals surface area contributed by atoms with Crippen LogP contribution in [0.25, 0.3) is 0 Å². The molecule has 7 heteroatoms. The van der Waals surface area contributed by atoms with E-state index in [0.29, 0.717) is 5.56 Å². The van der Waals surface area contributed by atoms with E-state index in [1.54, 1.807) is 12.1 Å². The zero-order valence-electron chi connectivity index (χ0n) is 9.55. The third-order valence-corrected chi connectivity index (χ3v) is 2.55. The second-order valence-electron chi connectivity index (χ2n) is 3.52. The average molecular weight is 282 g/mol. The van der Waals surface area contributed by atoms with Crippen LogP contribution in [0.2, 0.25) is 5.02 Å². The molecule has 98 valence electrons. The van der Waals surface area contributed by atoms with Crippen molar-refractivity contribution in [3.05, 3.63) is 52.9 Å². The Morgan fingerprint density at radius 1 is 1.42 bits per heavy atom. The van der Waals surface area contributed by atoms with E-state index in [-0.39, 0.29) is 22.5 Å². The summed E-state index contributed by atoms with van der Waals surface area (Å²) in [5.74, 6) is -0.309. The number of hydrogen-bond donors (Lipinski definition) is 2. The second kappa shape index (κ2) is 5.53. The van der Waals surface area contributed by atoms with E-state index in [1.807, 2.05) is 0 Å². The Labute approximate surface area is 113 Å². The molecule has 0 unspecified atom stereocenters. The predicted octanol–water partition coefficient (Wildman–Crippen LogP) is 2.76. The highest BCUT2D eigenvalue weighted by atomic mass is 35.5. The lowest BCUT2D eigenvalue weighted by Crippen LogP contribution is -2.14. The molecule has 0 aliphatic carbocycles. The zero-order valence-corrected chi connectivity index (χ0v) is 10.3.